The van der Waals surface area contributed by atoms with Crippen LogP contribution in [0.5, 0.6) is 11.5 Å². The predicted octanol–water partition coefficient (Wildman–Crippen LogP) is 1.98. The van der Waals surface area contributed by atoms with Crippen molar-refractivity contribution in [2.75, 3.05) is 89.0 Å². The minimum absolute atomic E-state index is 0.484. The van der Waals surface area contributed by atoms with Gasteiger partial charge < -0.3 is 33.8 Å². The van der Waals surface area contributed by atoms with Gasteiger partial charge in [0.2, 0.25) is 5.95 Å². The van der Waals surface area contributed by atoms with E-state index in [2.05, 4.69) is 45.8 Å². The van der Waals surface area contributed by atoms with Crippen LogP contribution >= 0.6 is 0 Å². The van der Waals surface area contributed by atoms with Crippen molar-refractivity contribution < 1.29 is 14.2 Å². The maximum atomic E-state index is 5.63. The fraction of sp³-hybridized carbons (Fsp3) is 0.556. The number of anilines is 3. The van der Waals surface area contributed by atoms with E-state index in [1.807, 2.05) is 0 Å². The number of fused-ring (bicyclic) bond motifs is 2. The van der Waals surface area contributed by atoms with E-state index in [0.29, 0.717) is 25.8 Å². The molecule has 1 atom stereocenters. The summed E-state index contributed by atoms with van der Waals surface area (Å²) in [6.45, 7) is 6.29. The summed E-state index contributed by atoms with van der Waals surface area (Å²) in [4.78, 5) is 28.9. The lowest BCUT2D eigenvalue weighted by Gasteiger charge is -2.32. The summed E-state index contributed by atoms with van der Waals surface area (Å²) in [5.74, 6) is 3.97. The summed E-state index contributed by atoms with van der Waals surface area (Å²) >= 11 is 0. The van der Waals surface area contributed by atoms with Gasteiger partial charge in [0.25, 0.3) is 0 Å². The maximum Gasteiger partial charge on any atom is 0.228 e. The largest absolute Gasteiger partial charge is 0.493 e. The van der Waals surface area contributed by atoms with Crippen LogP contribution in [0.2, 0.25) is 0 Å². The molecule has 5 heterocycles. The molecule has 0 N–H and O–H groups in total. The molecule has 1 aromatic carbocycles. The van der Waals surface area contributed by atoms with E-state index in [-0.39, 0.29) is 0 Å². The number of benzene rings is 1. The summed E-state index contributed by atoms with van der Waals surface area (Å²) in [5, 5.41) is 0. The Morgan fingerprint density at radius 1 is 0.842 bits per heavy atom. The molecule has 0 amide bonds. The highest BCUT2D eigenvalue weighted by molar-refractivity contribution is 5.94. The molecule has 2 saturated heterocycles. The lowest BCUT2D eigenvalue weighted by atomic mass is 9.98. The Labute approximate surface area is 223 Å². The molecule has 3 aliphatic rings. The van der Waals surface area contributed by atoms with Crippen LogP contribution in [0.4, 0.5) is 17.6 Å². The van der Waals surface area contributed by atoms with Crippen molar-refractivity contribution in [3.63, 3.8) is 0 Å². The predicted molar refractivity (Wildman–Crippen MR) is 147 cm³/mol. The molecule has 0 saturated carbocycles. The van der Waals surface area contributed by atoms with Gasteiger partial charge in [-0.3, -0.25) is 0 Å². The number of rotatable bonds is 6. The number of morpholine rings is 1. The second-order valence-corrected chi connectivity index (χ2v) is 10.3. The van der Waals surface area contributed by atoms with E-state index in [1.54, 1.807) is 20.5 Å². The summed E-state index contributed by atoms with van der Waals surface area (Å²) < 4.78 is 16.7. The summed E-state index contributed by atoms with van der Waals surface area (Å²) in [7, 11) is 7.63. The third kappa shape index (κ3) is 4.54. The SMILES string of the molecule is COc1cc2c(cc1OC)CN(c1ncnc3c(N4CCOCC4)nc(N4CCC(N(C)C)C4)nc13)CC2. The van der Waals surface area contributed by atoms with Crippen LogP contribution in [0.15, 0.2) is 18.5 Å². The molecule has 11 heteroatoms. The van der Waals surface area contributed by atoms with Crippen molar-refractivity contribution in [1.82, 2.24) is 24.8 Å². The number of nitrogens with zero attached hydrogens (tertiary/aromatic N) is 8. The van der Waals surface area contributed by atoms with Crippen molar-refractivity contribution in [1.29, 1.82) is 0 Å². The smallest absolute Gasteiger partial charge is 0.228 e. The lowest BCUT2D eigenvalue weighted by molar-refractivity contribution is 0.122. The Bertz CT molecular complexity index is 1310. The Morgan fingerprint density at radius 2 is 1.61 bits per heavy atom. The van der Waals surface area contributed by atoms with E-state index in [0.717, 1.165) is 85.7 Å². The van der Waals surface area contributed by atoms with Gasteiger partial charge in [0.15, 0.2) is 23.1 Å². The fourth-order valence-corrected chi connectivity index (χ4v) is 5.69. The van der Waals surface area contributed by atoms with Crippen LogP contribution in [-0.2, 0) is 17.7 Å². The van der Waals surface area contributed by atoms with E-state index >= 15 is 0 Å². The van der Waals surface area contributed by atoms with Gasteiger partial charge in [-0.25, -0.2) is 15.0 Å². The molecule has 38 heavy (non-hydrogen) atoms. The second-order valence-electron chi connectivity index (χ2n) is 10.3. The number of aromatic nitrogens is 4. The van der Waals surface area contributed by atoms with Crippen molar-refractivity contribution in [2.24, 2.45) is 0 Å². The molecular weight excluding hydrogens is 484 g/mol. The van der Waals surface area contributed by atoms with E-state index < -0.39 is 0 Å². The molecule has 6 rings (SSSR count). The highest BCUT2D eigenvalue weighted by Crippen LogP contribution is 2.37. The van der Waals surface area contributed by atoms with E-state index in [9.17, 15) is 0 Å². The number of hydrogen-bond donors (Lipinski definition) is 0. The minimum Gasteiger partial charge on any atom is -0.493 e. The summed E-state index contributed by atoms with van der Waals surface area (Å²) in [5.41, 5.74) is 4.07. The quantitative estimate of drug-likeness (QED) is 0.478. The molecule has 11 nitrogen and oxygen atoms in total. The molecular formula is C27H36N8O3. The van der Waals surface area contributed by atoms with Gasteiger partial charge in [0, 0.05) is 45.3 Å². The fourth-order valence-electron chi connectivity index (χ4n) is 5.69. The normalized spacial score (nSPS) is 19.8. The van der Waals surface area contributed by atoms with Gasteiger partial charge in [0.1, 0.15) is 17.4 Å². The van der Waals surface area contributed by atoms with Crippen LogP contribution in [0, 0.1) is 0 Å². The minimum atomic E-state index is 0.484. The zero-order valence-corrected chi connectivity index (χ0v) is 22.7. The third-order valence-electron chi connectivity index (χ3n) is 7.94. The standard InChI is InChI=1S/C27H36N8O3/c1-32(2)20-6-8-35(16-20)27-30-24-23(26(31-27)33-9-11-38-12-10-33)28-17-29-25(24)34-7-5-18-13-21(36-3)22(37-4)14-19(18)15-34/h13-14,17,20H,5-12,15-16H2,1-4H3. The van der Waals surface area contributed by atoms with Crippen LogP contribution in [0.1, 0.15) is 17.5 Å². The van der Waals surface area contributed by atoms with Crippen molar-refractivity contribution in [2.45, 2.75) is 25.4 Å². The highest BCUT2D eigenvalue weighted by atomic mass is 16.5. The van der Waals surface area contributed by atoms with Gasteiger partial charge in [-0.1, -0.05) is 0 Å². The molecule has 1 unspecified atom stereocenters. The van der Waals surface area contributed by atoms with E-state index in [4.69, 9.17) is 34.1 Å². The molecule has 0 radical (unpaired) electrons. The van der Waals surface area contributed by atoms with Gasteiger partial charge in [-0.2, -0.15) is 4.98 Å². The molecule has 2 aromatic heterocycles. The molecule has 0 bridgehead atoms. The van der Waals surface area contributed by atoms with Gasteiger partial charge >= 0.3 is 0 Å². The third-order valence-corrected chi connectivity index (χ3v) is 7.94. The van der Waals surface area contributed by atoms with Gasteiger partial charge in [0.05, 0.1) is 27.4 Å². The number of likely N-dealkylation sites (N-methyl/N-ethyl adjacent to an activating group) is 1. The van der Waals surface area contributed by atoms with Crippen molar-refractivity contribution >= 4 is 28.6 Å². The lowest BCUT2D eigenvalue weighted by Crippen LogP contribution is -2.38. The molecule has 0 spiro atoms. The first-order valence-corrected chi connectivity index (χ1v) is 13.3. The average molecular weight is 521 g/mol. The van der Waals surface area contributed by atoms with E-state index in [1.165, 1.54) is 11.1 Å². The molecule has 3 aromatic rings. The Kier molecular flexibility index (Phi) is 6.79. The van der Waals surface area contributed by atoms with Crippen LogP contribution in [0.25, 0.3) is 11.0 Å². The maximum absolute atomic E-state index is 5.63. The first-order chi connectivity index (χ1) is 18.6. The zero-order valence-electron chi connectivity index (χ0n) is 22.7. The molecule has 3 aliphatic heterocycles. The summed E-state index contributed by atoms with van der Waals surface area (Å²) in [6, 6.07) is 4.65. The van der Waals surface area contributed by atoms with Crippen molar-refractivity contribution in [3.05, 3.63) is 29.6 Å². The Balaban J connectivity index is 1.41. The first kappa shape index (κ1) is 24.9. The van der Waals surface area contributed by atoms with Gasteiger partial charge in [-0.05, 0) is 50.2 Å². The topological polar surface area (TPSA) is 92.2 Å². The average Bonchev–Trinajstić information content (AvgIpc) is 3.47. The number of ether oxygens (including phenoxy) is 3. The molecule has 0 aliphatic carbocycles. The van der Waals surface area contributed by atoms with Gasteiger partial charge in [-0.15, -0.1) is 0 Å². The highest BCUT2D eigenvalue weighted by Gasteiger charge is 2.30. The Morgan fingerprint density at radius 3 is 2.32 bits per heavy atom. The summed E-state index contributed by atoms with van der Waals surface area (Å²) in [6.07, 6.45) is 3.62. The van der Waals surface area contributed by atoms with Crippen LogP contribution in [0.3, 0.4) is 0 Å². The van der Waals surface area contributed by atoms with Crippen LogP contribution < -0.4 is 24.2 Å². The van der Waals surface area contributed by atoms with Crippen molar-refractivity contribution in [3.8, 4) is 11.5 Å². The first-order valence-electron chi connectivity index (χ1n) is 13.3. The van der Waals surface area contributed by atoms with Crippen LogP contribution in [-0.4, -0.2) is 105 Å². The monoisotopic (exact) mass is 520 g/mol. The zero-order chi connectivity index (χ0) is 26.2. The molecule has 2 fully saturated rings. The number of hydrogen-bond acceptors (Lipinski definition) is 11. The Hall–Kier alpha value is -3.44. The second kappa shape index (κ2) is 10.4. The number of methoxy groups -OCH3 is 2. The molecule has 202 valence electrons.